The number of halogens is 3. The van der Waals surface area contributed by atoms with E-state index in [9.17, 15) is 13.2 Å². The fourth-order valence-electron chi connectivity index (χ4n) is 5.12. The van der Waals surface area contributed by atoms with Gasteiger partial charge in [-0.05, 0) is 39.0 Å². The van der Waals surface area contributed by atoms with Gasteiger partial charge in [0.25, 0.3) is 0 Å². The number of allylic oxidation sites excluding steroid dienone is 1. The molecule has 2 bridgehead atoms. The van der Waals surface area contributed by atoms with Crippen molar-refractivity contribution in [1.82, 2.24) is 0 Å². The van der Waals surface area contributed by atoms with Crippen LogP contribution >= 0.6 is 0 Å². The molecule has 5 rings (SSSR count). The molecule has 0 aromatic heterocycles. The monoisotopic (exact) mass is 378 g/mol. The summed E-state index contributed by atoms with van der Waals surface area (Å²) in [5.41, 5.74) is -0.945. The Kier molecular flexibility index (Phi) is 4.34. The molecule has 4 fully saturated rings. The summed E-state index contributed by atoms with van der Waals surface area (Å²) in [5, 5.41) is 0. The number of rotatable bonds is 3. The lowest BCUT2D eigenvalue weighted by atomic mass is 9.59. The molecule has 3 saturated heterocycles. The zero-order valence-electron chi connectivity index (χ0n) is 15.2. The van der Waals surface area contributed by atoms with Gasteiger partial charge in [-0.1, -0.05) is 6.92 Å². The molecule has 4 aliphatic heterocycles. The summed E-state index contributed by atoms with van der Waals surface area (Å²) in [6.07, 6.45) is -3.05. The first-order valence-corrected chi connectivity index (χ1v) is 9.30. The van der Waals surface area contributed by atoms with Gasteiger partial charge in [0.2, 0.25) is 17.8 Å². The van der Waals surface area contributed by atoms with Crippen LogP contribution in [0.15, 0.2) is 11.3 Å². The molecule has 0 aromatic carbocycles. The molecule has 6 atom stereocenters. The van der Waals surface area contributed by atoms with Gasteiger partial charge in [0.15, 0.2) is 5.60 Å². The molecule has 8 heteroatoms. The molecule has 1 saturated carbocycles. The van der Waals surface area contributed by atoms with E-state index in [0.717, 1.165) is 12.8 Å². The Hall–Kier alpha value is -0.830. The normalized spacial score (nSPS) is 45.2. The molecule has 0 N–H and O–H groups in total. The van der Waals surface area contributed by atoms with Gasteiger partial charge in [0, 0.05) is 30.4 Å². The van der Waals surface area contributed by atoms with Crippen molar-refractivity contribution in [2.45, 2.75) is 70.3 Å². The summed E-state index contributed by atoms with van der Waals surface area (Å²) in [5.74, 6) is -2.30. The number of ether oxygens (including phenoxy) is 3. The highest BCUT2D eigenvalue weighted by Gasteiger charge is 2.70. The Bertz CT molecular complexity index is 606. The van der Waals surface area contributed by atoms with E-state index < -0.39 is 35.5 Å². The first-order chi connectivity index (χ1) is 12.2. The highest BCUT2D eigenvalue weighted by molar-refractivity contribution is 5.28. The van der Waals surface area contributed by atoms with E-state index in [4.69, 9.17) is 24.0 Å². The summed E-state index contributed by atoms with van der Waals surface area (Å²) < 4.78 is 58.0. The quantitative estimate of drug-likeness (QED) is 0.693. The van der Waals surface area contributed by atoms with E-state index in [0.29, 0.717) is 19.4 Å². The third-order valence-corrected chi connectivity index (χ3v) is 6.37. The number of hydrogen-bond acceptors (Lipinski definition) is 5. The van der Waals surface area contributed by atoms with Crippen LogP contribution in [0.5, 0.6) is 0 Å². The zero-order valence-corrected chi connectivity index (χ0v) is 15.2. The second-order valence-corrected chi connectivity index (χ2v) is 7.96. The van der Waals surface area contributed by atoms with Gasteiger partial charge in [0.1, 0.15) is 0 Å². The van der Waals surface area contributed by atoms with E-state index in [1.54, 1.807) is 13.8 Å². The topological polar surface area (TPSA) is 46.2 Å². The predicted molar refractivity (Wildman–Crippen MR) is 83.5 cm³/mol. The average molecular weight is 378 g/mol. The first kappa shape index (κ1) is 18.5. The van der Waals surface area contributed by atoms with Crippen molar-refractivity contribution < 1.29 is 37.2 Å². The lowest BCUT2D eigenvalue weighted by Crippen LogP contribution is -2.67. The van der Waals surface area contributed by atoms with Gasteiger partial charge in [0.05, 0.1) is 6.61 Å². The summed E-state index contributed by atoms with van der Waals surface area (Å²) in [6.45, 7) is 5.75. The maximum atomic E-state index is 13.7. The second kappa shape index (κ2) is 6.09. The molecule has 0 amide bonds. The van der Waals surface area contributed by atoms with Gasteiger partial charge < -0.3 is 14.2 Å². The molecule has 5 aliphatic rings. The van der Waals surface area contributed by atoms with Crippen LogP contribution in [-0.2, 0) is 24.0 Å². The van der Waals surface area contributed by atoms with Crippen LogP contribution in [-0.4, -0.2) is 37.1 Å². The van der Waals surface area contributed by atoms with Crippen molar-refractivity contribution in [3.8, 4) is 0 Å². The van der Waals surface area contributed by atoms with Gasteiger partial charge in [-0.2, -0.15) is 13.2 Å². The number of alkyl halides is 3. The lowest BCUT2D eigenvalue weighted by Gasteiger charge is -2.57. The van der Waals surface area contributed by atoms with Crippen molar-refractivity contribution in [2.24, 2.45) is 17.8 Å². The van der Waals surface area contributed by atoms with Crippen LogP contribution in [0.25, 0.3) is 0 Å². The Morgan fingerprint density at radius 3 is 2.65 bits per heavy atom. The third-order valence-electron chi connectivity index (χ3n) is 6.37. The fourth-order valence-corrected chi connectivity index (χ4v) is 5.12. The van der Waals surface area contributed by atoms with Crippen LogP contribution < -0.4 is 0 Å². The van der Waals surface area contributed by atoms with Crippen molar-refractivity contribution in [2.75, 3.05) is 13.2 Å². The average Bonchev–Trinajstić information content (AvgIpc) is 2.80. The van der Waals surface area contributed by atoms with Gasteiger partial charge in [-0.15, -0.1) is 0 Å². The molecule has 4 heterocycles. The minimum absolute atomic E-state index is 0.00184. The largest absolute Gasteiger partial charge is 0.456 e. The van der Waals surface area contributed by atoms with Gasteiger partial charge in [-0.3, -0.25) is 0 Å². The van der Waals surface area contributed by atoms with Crippen molar-refractivity contribution in [1.29, 1.82) is 0 Å². The zero-order chi connectivity index (χ0) is 18.7. The highest BCUT2D eigenvalue weighted by Crippen LogP contribution is 2.61. The highest BCUT2D eigenvalue weighted by atomic mass is 19.4. The molecule has 0 radical (unpaired) electrons. The Balaban J connectivity index is 1.85. The van der Waals surface area contributed by atoms with E-state index in [1.807, 2.05) is 0 Å². The Labute approximate surface area is 150 Å². The van der Waals surface area contributed by atoms with E-state index in [1.165, 1.54) is 0 Å². The van der Waals surface area contributed by atoms with Crippen molar-refractivity contribution in [3.05, 3.63) is 11.3 Å². The Morgan fingerprint density at radius 1 is 1.19 bits per heavy atom. The summed E-state index contributed by atoms with van der Waals surface area (Å²) in [6, 6.07) is 0. The standard InChI is InChI=1S/C18H25F3O5/c1-4-22-9-11-13-6-5-10(2)12-7-8-16(3)24-15(17(12,13)26-25-16)23-14(11)18(19,20)21/h10,12-13,15H,4-9H2,1-3H3/t10-,12+,13+,15-,16?,17?/m1/s1. The maximum Gasteiger partial charge on any atom is 0.449 e. The molecule has 26 heavy (non-hydrogen) atoms. The smallest absolute Gasteiger partial charge is 0.449 e. The molecule has 1 spiro atoms. The van der Waals surface area contributed by atoms with Crippen molar-refractivity contribution in [3.63, 3.8) is 0 Å². The Morgan fingerprint density at radius 2 is 1.96 bits per heavy atom. The van der Waals surface area contributed by atoms with E-state index >= 15 is 0 Å². The predicted octanol–water partition coefficient (Wildman–Crippen LogP) is 4.09. The summed E-state index contributed by atoms with van der Waals surface area (Å²) in [4.78, 5) is 11.5. The van der Waals surface area contributed by atoms with Crippen molar-refractivity contribution >= 4 is 0 Å². The number of hydrogen-bond donors (Lipinski definition) is 0. The van der Waals surface area contributed by atoms with Crippen LogP contribution in [0, 0.1) is 17.8 Å². The number of fused-ring (bicyclic) bond motifs is 2. The first-order valence-electron chi connectivity index (χ1n) is 9.30. The fraction of sp³-hybridized carbons (Fsp3) is 0.889. The third kappa shape index (κ3) is 2.60. The SMILES string of the molecule is CCOCC1=C(C(F)(F)F)O[C@@H]2OC3(C)CC[C@H]4[C@H](C)CC[C@@H]1C24OO3. The second-order valence-electron chi connectivity index (χ2n) is 7.96. The van der Waals surface area contributed by atoms with Gasteiger partial charge >= 0.3 is 6.18 Å². The van der Waals surface area contributed by atoms with E-state index in [-0.39, 0.29) is 24.0 Å². The molecular weight excluding hydrogens is 353 g/mol. The van der Waals surface area contributed by atoms with Crippen LogP contribution in [0.4, 0.5) is 13.2 Å². The minimum Gasteiger partial charge on any atom is -0.456 e. The van der Waals surface area contributed by atoms with Gasteiger partial charge in [-0.25, -0.2) is 9.78 Å². The maximum absolute atomic E-state index is 13.7. The van der Waals surface area contributed by atoms with Crippen LogP contribution in [0.1, 0.15) is 46.5 Å². The molecule has 1 aliphatic carbocycles. The lowest BCUT2D eigenvalue weighted by molar-refractivity contribution is -0.557. The molecule has 148 valence electrons. The molecule has 0 aromatic rings. The molecular formula is C18H25F3O5. The molecule has 5 nitrogen and oxygen atoms in total. The van der Waals surface area contributed by atoms with Crippen LogP contribution in [0.3, 0.4) is 0 Å². The molecule has 2 unspecified atom stereocenters. The van der Waals surface area contributed by atoms with Crippen LogP contribution in [0.2, 0.25) is 0 Å². The summed E-state index contributed by atoms with van der Waals surface area (Å²) in [7, 11) is 0. The minimum atomic E-state index is -4.61. The van der Waals surface area contributed by atoms with E-state index in [2.05, 4.69) is 6.92 Å². The summed E-state index contributed by atoms with van der Waals surface area (Å²) >= 11 is 0.